The van der Waals surface area contributed by atoms with Gasteiger partial charge in [-0.15, -0.1) is 0 Å². The van der Waals surface area contributed by atoms with Crippen LogP contribution >= 0.6 is 0 Å². The van der Waals surface area contributed by atoms with E-state index in [4.69, 9.17) is 5.73 Å². The number of rotatable bonds is 2. The Morgan fingerprint density at radius 3 is 2.71 bits per heavy atom. The molecule has 1 aromatic carbocycles. The maximum Gasteiger partial charge on any atom is 0.227 e. The van der Waals surface area contributed by atoms with Crippen molar-refractivity contribution in [2.45, 2.75) is 0 Å². The van der Waals surface area contributed by atoms with Gasteiger partial charge in [-0.2, -0.15) is 0 Å². The Kier molecular flexibility index (Phi) is 2.14. The lowest BCUT2D eigenvalue weighted by Crippen LogP contribution is -2.12. The minimum absolute atomic E-state index is 0.479. The quantitative estimate of drug-likeness (QED) is 0.766. The highest BCUT2D eigenvalue weighted by Crippen LogP contribution is 2.13. The fourth-order valence-electron chi connectivity index (χ4n) is 1.33. The van der Waals surface area contributed by atoms with E-state index < -0.39 is 5.91 Å². The first kappa shape index (κ1) is 8.69. The summed E-state index contributed by atoms with van der Waals surface area (Å²) in [6, 6.07) is 9.66. The van der Waals surface area contributed by atoms with Crippen LogP contribution in [0.2, 0.25) is 0 Å². The van der Waals surface area contributed by atoms with Gasteiger partial charge in [0.2, 0.25) is 5.91 Å². The Morgan fingerprint density at radius 2 is 2.00 bits per heavy atom. The van der Waals surface area contributed by atoms with E-state index in [1.807, 2.05) is 30.3 Å². The maximum absolute atomic E-state index is 10.6. The van der Waals surface area contributed by atoms with E-state index in [1.165, 1.54) is 6.42 Å². The van der Waals surface area contributed by atoms with Crippen molar-refractivity contribution in [2.75, 3.05) is 0 Å². The lowest BCUT2D eigenvalue weighted by molar-refractivity contribution is -0.114. The van der Waals surface area contributed by atoms with Crippen LogP contribution in [0, 0.1) is 6.42 Å². The van der Waals surface area contributed by atoms with Crippen LogP contribution < -0.4 is 5.73 Å². The van der Waals surface area contributed by atoms with E-state index in [9.17, 15) is 4.79 Å². The van der Waals surface area contributed by atoms with Crippen LogP contribution in [0.4, 0.5) is 0 Å². The molecule has 0 bridgehead atoms. The maximum atomic E-state index is 10.6. The molecule has 1 heterocycles. The number of benzene rings is 1. The molecule has 3 heteroatoms. The zero-order valence-electron chi connectivity index (χ0n) is 7.47. The molecular formula is C11H9N2O. The summed E-state index contributed by atoms with van der Waals surface area (Å²) in [7, 11) is 0. The zero-order valence-corrected chi connectivity index (χ0v) is 7.47. The molecule has 14 heavy (non-hydrogen) atoms. The number of hydrogen-bond donors (Lipinski definition) is 1. The van der Waals surface area contributed by atoms with E-state index >= 15 is 0 Å². The van der Waals surface area contributed by atoms with Crippen molar-refractivity contribution in [3.63, 3.8) is 0 Å². The normalized spacial score (nSPS) is 10.3. The summed E-state index contributed by atoms with van der Waals surface area (Å²) >= 11 is 0. The van der Waals surface area contributed by atoms with Gasteiger partial charge in [-0.05, 0) is 11.5 Å². The van der Waals surface area contributed by atoms with E-state index in [0.29, 0.717) is 5.69 Å². The SMILES string of the molecule is NC(=O)[CH]c1cc2ccccc2cn1. The van der Waals surface area contributed by atoms with Gasteiger partial charge in [0, 0.05) is 11.6 Å². The van der Waals surface area contributed by atoms with Gasteiger partial charge in [-0.1, -0.05) is 24.3 Å². The van der Waals surface area contributed by atoms with Crippen molar-refractivity contribution in [3.05, 3.63) is 48.6 Å². The van der Waals surface area contributed by atoms with E-state index in [1.54, 1.807) is 6.20 Å². The Morgan fingerprint density at radius 1 is 1.29 bits per heavy atom. The number of carbonyl (C=O) groups is 1. The largest absolute Gasteiger partial charge is 0.369 e. The summed E-state index contributed by atoms with van der Waals surface area (Å²) in [5.74, 6) is -0.479. The Balaban J connectivity index is 2.46. The summed E-state index contributed by atoms with van der Waals surface area (Å²) in [5.41, 5.74) is 5.63. The second-order valence-corrected chi connectivity index (χ2v) is 3.00. The molecule has 0 aliphatic rings. The average molecular weight is 185 g/mol. The number of hydrogen-bond acceptors (Lipinski definition) is 2. The molecule has 0 saturated carbocycles. The second kappa shape index (κ2) is 3.46. The number of carbonyl (C=O) groups excluding carboxylic acids is 1. The summed E-state index contributed by atoms with van der Waals surface area (Å²) in [6.07, 6.45) is 3.04. The van der Waals surface area contributed by atoms with Gasteiger partial charge < -0.3 is 5.73 Å². The van der Waals surface area contributed by atoms with Gasteiger partial charge in [0.1, 0.15) is 0 Å². The highest BCUT2D eigenvalue weighted by Gasteiger charge is 2.01. The molecular weight excluding hydrogens is 176 g/mol. The molecule has 0 aliphatic carbocycles. The van der Waals surface area contributed by atoms with Crippen LogP contribution in [-0.4, -0.2) is 10.9 Å². The van der Waals surface area contributed by atoms with Crippen molar-refractivity contribution in [2.24, 2.45) is 5.73 Å². The number of nitrogens with zero attached hydrogens (tertiary/aromatic N) is 1. The van der Waals surface area contributed by atoms with Crippen LogP contribution in [0.5, 0.6) is 0 Å². The molecule has 69 valence electrons. The predicted octanol–water partition coefficient (Wildman–Crippen LogP) is 1.27. The van der Waals surface area contributed by atoms with Crippen LogP contribution in [0.25, 0.3) is 10.8 Å². The van der Waals surface area contributed by atoms with Gasteiger partial charge in [0.15, 0.2) is 0 Å². The highest BCUT2D eigenvalue weighted by atomic mass is 16.1. The first-order valence-corrected chi connectivity index (χ1v) is 4.25. The molecule has 0 fully saturated rings. The molecule has 2 aromatic rings. The van der Waals surface area contributed by atoms with Crippen molar-refractivity contribution < 1.29 is 4.79 Å². The fraction of sp³-hybridized carbons (Fsp3) is 0. The fourth-order valence-corrected chi connectivity index (χ4v) is 1.33. The Hall–Kier alpha value is -1.90. The van der Waals surface area contributed by atoms with Crippen LogP contribution in [0.15, 0.2) is 36.5 Å². The molecule has 1 aromatic heterocycles. The van der Waals surface area contributed by atoms with Crippen molar-refractivity contribution >= 4 is 16.7 Å². The van der Waals surface area contributed by atoms with Gasteiger partial charge in [0.25, 0.3) is 0 Å². The van der Waals surface area contributed by atoms with Gasteiger partial charge in [-0.3, -0.25) is 9.78 Å². The van der Waals surface area contributed by atoms with E-state index in [0.717, 1.165) is 10.8 Å². The number of amides is 1. The topological polar surface area (TPSA) is 56.0 Å². The summed E-state index contributed by atoms with van der Waals surface area (Å²) in [6.45, 7) is 0. The first-order chi connectivity index (χ1) is 6.75. The molecule has 1 amide bonds. The molecule has 0 spiro atoms. The third-order valence-electron chi connectivity index (χ3n) is 1.94. The van der Waals surface area contributed by atoms with Crippen LogP contribution in [0.1, 0.15) is 5.69 Å². The third-order valence-corrected chi connectivity index (χ3v) is 1.94. The lowest BCUT2D eigenvalue weighted by atomic mass is 10.1. The summed E-state index contributed by atoms with van der Waals surface area (Å²) < 4.78 is 0. The van der Waals surface area contributed by atoms with Crippen molar-refractivity contribution in [3.8, 4) is 0 Å². The number of aromatic nitrogens is 1. The number of fused-ring (bicyclic) bond motifs is 1. The standard InChI is InChI=1S/C11H9N2O/c12-11(14)6-10-5-8-3-1-2-4-9(8)7-13-10/h1-7H,(H2,12,14). The second-order valence-electron chi connectivity index (χ2n) is 3.00. The highest BCUT2D eigenvalue weighted by molar-refractivity contribution is 5.88. The monoisotopic (exact) mass is 185 g/mol. The Labute approximate surface area is 81.6 Å². The molecule has 0 saturated heterocycles. The van der Waals surface area contributed by atoms with Gasteiger partial charge in [0.05, 0.1) is 12.1 Å². The molecule has 0 atom stereocenters. The summed E-state index contributed by atoms with van der Waals surface area (Å²) in [4.78, 5) is 14.7. The van der Waals surface area contributed by atoms with Gasteiger partial charge >= 0.3 is 0 Å². The minimum Gasteiger partial charge on any atom is -0.369 e. The Bertz CT molecular complexity index is 479. The molecule has 0 unspecified atom stereocenters. The average Bonchev–Trinajstić information content (AvgIpc) is 2.17. The van der Waals surface area contributed by atoms with Crippen molar-refractivity contribution in [1.82, 2.24) is 4.98 Å². The smallest absolute Gasteiger partial charge is 0.227 e. The third kappa shape index (κ3) is 1.71. The van der Waals surface area contributed by atoms with Crippen LogP contribution in [-0.2, 0) is 4.79 Å². The van der Waals surface area contributed by atoms with Gasteiger partial charge in [-0.25, -0.2) is 0 Å². The molecule has 3 nitrogen and oxygen atoms in total. The number of pyridine rings is 1. The van der Waals surface area contributed by atoms with Crippen molar-refractivity contribution in [1.29, 1.82) is 0 Å². The lowest BCUT2D eigenvalue weighted by Gasteiger charge is -1.99. The summed E-state index contributed by atoms with van der Waals surface area (Å²) in [5, 5.41) is 2.10. The predicted molar refractivity (Wildman–Crippen MR) is 54.3 cm³/mol. The molecule has 1 radical (unpaired) electrons. The molecule has 2 N–H and O–H groups in total. The van der Waals surface area contributed by atoms with E-state index in [-0.39, 0.29) is 0 Å². The number of primary amides is 1. The minimum atomic E-state index is -0.479. The number of nitrogens with two attached hydrogens (primary N) is 1. The molecule has 2 rings (SSSR count). The zero-order chi connectivity index (χ0) is 9.97. The first-order valence-electron chi connectivity index (χ1n) is 4.25. The van der Waals surface area contributed by atoms with E-state index in [2.05, 4.69) is 4.98 Å². The molecule has 0 aliphatic heterocycles. The van der Waals surface area contributed by atoms with Crippen LogP contribution in [0.3, 0.4) is 0 Å².